The normalized spacial score (nSPS) is 26.1. The molecule has 0 spiro atoms. The second-order valence-corrected chi connectivity index (χ2v) is 6.13. The molecular weight excluding hydrogens is 267 g/mol. The Kier molecular flexibility index (Phi) is 4.63. The summed E-state index contributed by atoms with van der Waals surface area (Å²) < 4.78 is 20.0. The summed E-state index contributed by atoms with van der Waals surface area (Å²) in [4.78, 5) is 2.14. The van der Waals surface area contributed by atoms with E-state index in [0.717, 1.165) is 50.3 Å². The Morgan fingerprint density at radius 3 is 2.86 bits per heavy atom. The Morgan fingerprint density at radius 2 is 2.14 bits per heavy atom. The molecule has 0 saturated carbocycles. The lowest BCUT2D eigenvalue weighted by atomic mass is 10.0. The van der Waals surface area contributed by atoms with E-state index >= 15 is 0 Å². The third kappa shape index (κ3) is 3.49. The molecule has 2 aliphatic heterocycles. The average molecular weight is 292 g/mol. The minimum atomic E-state index is -0.110. The van der Waals surface area contributed by atoms with E-state index in [9.17, 15) is 4.39 Å². The molecule has 116 valence electrons. The lowest BCUT2D eigenvalue weighted by molar-refractivity contribution is 0.00925. The van der Waals surface area contributed by atoms with Crippen LogP contribution in [0.3, 0.4) is 0 Å². The average Bonchev–Trinajstić information content (AvgIpc) is 3.01. The first-order chi connectivity index (χ1) is 10.3. The second kappa shape index (κ2) is 6.65. The molecule has 3 nitrogen and oxygen atoms in total. The van der Waals surface area contributed by atoms with Gasteiger partial charge in [0, 0.05) is 31.4 Å². The van der Waals surface area contributed by atoms with Crippen LogP contribution in [0.2, 0.25) is 0 Å². The third-order valence-electron chi connectivity index (χ3n) is 4.59. The van der Waals surface area contributed by atoms with Crippen molar-refractivity contribution >= 4 is 11.4 Å². The molecule has 0 amide bonds. The van der Waals surface area contributed by atoms with Crippen molar-refractivity contribution in [2.75, 3.05) is 29.9 Å². The SMILES string of the molecule is CCC1CC(Nc2ccc(N3CCCC3)c(F)c2)CCO1. The van der Waals surface area contributed by atoms with Crippen molar-refractivity contribution in [3.05, 3.63) is 24.0 Å². The van der Waals surface area contributed by atoms with Crippen molar-refractivity contribution < 1.29 is 9.13 Å². The summed E-state index contributed by atoms with van der Waals surface area (Å²) in [5.74, 6) is -0.110. The number of benzene rings is 1. The molecule has 21 heavy (non-hydrogen) atoms. The summed E-state index contributed by atoms with van der Waals surface area (Å²) in [7, 11) is 0. The number of nitrogens with zero attached hydrogens (tertiary/aromatic N) is 1. The minimum absolute atomic E-state index is 0.110. The van der Waals surface area contributed by atoms with Crippen LogP contribution in [-0.4, -0.2) is 31.8 Å². The van der Waals surface area contributed by atoms with Gasteiger partial charge >= 0.3 is 0 Å². The van der Waals surface area contributed by atoms with E-state index in [1.54, 1.807) is 6.07 Å². The standard InChI is InChI=1S/C17H25FN2O/c1-2-15-11-14(7-10-21-15)19-13-5-6-17(16(18)12-13)20-8-3-4-9-20/h5-6,12,14-15,19H,2-4,7-11H2,1H3. The van der Waals surface area contributed by atoms with Gasteiger partial charge < -0.3 is 15.0 Å². The summed E-state index contributed by atoms with van der Waals surface area (Å²) in [5, 5.41) is 3.47. The van der Waals surface area contributed by atoms with Crippen molar-refractivity contribution in [2.24, 2.45) is 0 Å². The number of ether oxygens (including phenoxy) is 1. The first-order valence-corrected chi connectivity index (χ1v) is 8.19. The van der Waals surface area contributed by atoms with Gasteiger partial charge in [0.15, 0.2) is 0 Å². The van der Waals surface area contributed by atoms with E-state index in [1.807, 2.05) is 12.1 Å². The molecule has 4 heteroatoms. The zero-order valence-corrected chi connectivity index (χ0v) is 12.8. The highest BCUT2D eigenvalue weighted by atomic mass is 19.1. The van der Waals surface area contributed by atoms with Gasteiger partial charge in [-0.1, -0.05) is 6.92 Å². The van der Waals surface area contributed by atoms with E-state index in [2.05, 4.69) is 17.1 Å². The molecule has 0 bridgehead atoms. The van der Waals surface area contributed by atoms with Crippen molar-refractivity contribution in [2.45, 2.75) is 51.2 Å². The largest absolute Gasteiger partial charge is 0.382 e. The van der Waals surface area contributed by atoms with Gasteiger partial charge in [0.1, 0.15) is 5.82 Å². The highest BCUT2D eigenvalue weighted by Gasteiger charge is 2.22. The van der Waals surface area contributed by atoms with Crippen LogP contribution in [-0.2, 0) is 4.74 Å². The Balaban J connectivity index is 1.64. The maximum Gasteiger partial charge on any atom is 0.148 e. The predicted octanol–water partition coefficient (Wildman–Crippen LogP) is 3.80. The van der Waals surface area contributed by atoms with Crippen molar-refractivity contribution in [3.8, 4) is 0 Å². The van der Waals surface area contributed by atoms with Gasteiger partial charge in [0.05, 0.1) is 11.8 Å². The predicted molar refractivity (Wildman–Crippen MR) is 84.5 cm³/mol. The molecule has 1 aromatic carbocycles. The molecular formula is C17H25FN2O. The molecule has 2 heterocycles. The number of hydrogen-bond acceptors (Lipinski definition) is 3. The lowest BCUT2D eigenvalue weighted by Gasteiger charge is -2.30. The van der Waals surface area contributed by atoms with Gasteiger partial charge in [-0.15, -0.1) is 0 Å². The molecule has 0 aliphatic carbocycles. The van der Waals surface area contributed by atoms with Crippen LogP contribution in [0.5, 0.6) is 0 Å². The topological polar surface area (TPSA) is 24.5 Å². The molecule has 2 fully saturated rings. The molecule has 2 unspecified atom stereocenters. The number of hydrogen-bond donors (Lipinski definition) is 1. The Morgan fingerprint density at radius 1 is 1.33 bits per heavy atom. The molecule has 0 radical (unpaired) electrons. The van der Waals surface area contributed by atoms with Gasteiger partial charge in [-0.05, 0) is 50.3 Å². The van der Waals surface area contributed by atoms with Gasteiger partial charge in [0.25, 0.3) is 0 Å². The maximum absolute atomic E-state index is 14.3. The summed E-state index contributed by atoms with van der Waals surface area (Å²) in [5.41, 5.74) is 1.63. The van der Waals surface area contributed by atoms with Gasteiger partial charge in [-0.3, -0.25) is 0 Å². The fourth-order valence-electron chi connectivity index (χ4n) is 3.34. The van der Waals surface area contributed by atoms with Crippen LogP contribution in [0.4, 0.5) is 15.8 Å². The molecule has 2 saturated heterocycles. The molecule has 1 N–H and O–H groups in total. The smallest absolute Gasteiger partial charge is 0.148 e. The number of halogens is 1. The van der Waals surface area contributed by atoms with Crippen LogP contribution >= 0.6 is 0 Å². The highest BCUT2D eigenvalue weighted by Crippen LogP contribution is 2.27. The van der Waals surface area contributed by atoms with Gasteiger partial charge in [-0.25, -0.2) is 4.39 Å². The third-order valence-corrected chi connectivity index (χ3v) is 4.59. The van der Waals surface area contributed by atoms with Crippen molar-refractivity contribution in [1.82, 2.24) is 0 Å². The van der Waals surface area contributed by atoms with Crippen molar-refractivity contribution in [1.29, 1.82) is 0 Å². The van der Waals surface area contributed by atoms with Crippen LogP contribution in [0.25, 0.3) is 0 Å². The van der Waals surface area contributed by atoms with Crippen LogP contribution in [0.1, 0.15) is 39.0 Å². The summed E-state index contributed by atoms with van der Waals surface area (Å²) >= 11 is 0. The summed E-state index contributed by atoms with van der Waals surface area (Å²) in [6.07, 6.45) is 5.71. The van der Waals surface area contributed by atoms with Crippen LogP contribution in [0.15, 0.2) is 18.2 Å². The Hall–Kier alpha value is -1.29. The Labute approximate surface area is 126 Å². The molecule has 0 aromatic heterocycles. The van der Waals surface area contributed by atoms with Gasteiger partial charge in [0.2, 0.25) is 0 Å². The summed E-state index contributed by atoms with van der Waals surface area (Å²) in [6, 6.07) is 5.96. The minimum Gasteiger partial charge on any atom is -0.382 e. The van der Waals surface area contributed by atoms with Crippen LogP contribution < -0.4 is 10.2 Å². The fourth-order valence-corrected chi connectivity index (χ4v) is 3.34. The molecule has 1 aromatic rings. The zero-order chi connectivity index (χ0) is 14.7. The second-order valence-electron chi connectivity index (χ2n) is 6.13. The Bertz CT molecular complexity index is 474. The van der Waals surface area contributed by atoms with Crippen LogP contribution in [0, 0.1) is 5.82 Å². The first kappa shape index (κ1) is 14.6. The zero-order valence-electron chi connectivity index (χ0n) is 12.8. The molecule has 2 aliphatic rings. The number of nitrogens with one attached hydrogen (secondary N) is 1. The van der Waals surface area contributed by atoms with E-state index < -0.39 is 0 Å². The first-order valence-electron chi connectivity index (χ1n) is 8.19. The monoisotopic (exact) mass is 292 g/mol. The number of anilines is 2. The maximum atomic E-state index is 14.3. The molecule has 3 rings (SSSR count). The van der Waals surface area contributed by atoms with Crippen molar-refractivity contribution in [3.63, 3.8) is 0 Å². The number of rotatable bonds is 4. The van der Waals surface area contributed by atoms with E-state index in [-0.39, 0.29) is 5.82 Å². The van der Waals surface area contributed by atoms with E-state index in [4.69, 9.17) is 4.74 Å². The lowest BCUT2D eigenvalue weighted by Crippen LogP contribution is -2.33. The van der Waals surface area contributed by atoms with E-state index in [0.29, 0.717) is 12.1 Å². The summed E-state index contributed by atoms with van der Waals surface area (Å²) in [6.45, 7) is 4.89. The van der Waals surface area contributed by atoms with E-state index in [1.165, 1.54) is 12.8 Å². The van der Waals surface area contributed by atoms with Gasteiger partial charge in [-0.2, -0.15) is 0 Å². The molecule has 2 atom stereocenters. The quantitative estimate of drug-likeness (QED) is 0.913. The fraction of sp³-hybridized carbons (Fsp3) is 0.647. The highest BCUT2D eigenvalue weighted by molar-refractivity contribution is 5.57.